The molecule has 1 amide bonds. The lowest BCUT2D eigenvalue weighted by molar-refractivity contribution is -0.149. The van der Waals surface area contributed by atoms with Crippen molar-refractivity contribution in [1.82, 2.24) is 5.32 Å². The maximum absolute atomic E-state index is 11.8. The summed E-state index contributed by atoms with van der Waals surface area (Å²) in [4.78, 5) is 23.0. The monoisotopic (exact) mass is 257 g/mol. The maximum atomic E-state index is 11.8. The molecule has 6 nitrogen and oxygen atoms in total. The van der Waals surface area contributed by atoms with Crippen molar-refractivity contribution in [2.75, 3.05) is 19.8 Å². The molecular weight excluding hydrogens is 238 g/mol. The largest absolute Gasteiger partial charge is 0.479 e. The number of aliphatic carboxylic acids is 1. The van der Waals surface area contributed by atoms with Crippen LogP contribution < -0.4 is 5.32 Å². The Hall–Kier alpha value is -1.40. The lowest BCUT2D eigenvalue weighted by Crippen LogP contribution is -2.57. The molecule has 0 bridgehead atoms. The van der Waals surface area contributed by atoms with E-state index in [2.05, 4.69) is 11.9 Å². The van der Waals surface area contributed by atoms with E-state index in [0.29, 0.717) is 19.6 Å². The second kappa shape index (κ2) is 6.51. The van der Waals surface area contributed by atoms with E-state index < -0.39 is 23.5 Å². The van der Waals surface area contributed by atoms with Gasteiger partial charge in [-0.3, -0.25) is 4.79 Å². The summed E-state index contributed by atoms with van der Waals surface area (Å²) in [5.41, 5.74) is -1.31. The Bertz CT molecular complexity index is 322. The summed E-state index contributed by atoms with van der Waals surface area (Å²) in [6, 6.07) is 0. The average molecular weight is 257 g/mol. The fourth-order valence-corrected chi connectivity index (χ4v) is 1.63. The molecule has 1 aliphatic heterocycles. The number of ether oxygens (including phenoxy) is 2. The minimum Gasteiger partial charge on any atom is -0.479 e. The van der Waals surface area contributed by atoms with E-state index in [0.717, 1.165) is 0 Å². The van der Waals surface area contributed by atoms with Crippen LogP contribution >= 0.6 is 0 Å². The van der Waals surface area contributed by atoms with Gasteiger partial charge in [-0.2, -0.15) is 0 Å². The number of carboxylic acids is 1. The molecule has 1 rings (SSSR count). The van der Waals surface area contributed by atoms with Crippen molar-refractivity contribution in [3.05, 3.63) is 12.7 Å². The normalized spacial score (nSPS) is 24.5. The van der Waals surface area contributed by atoms with E-state index >= 15 is 0 Å². The Morgan fingerprint density at radius 1 is 1.67 bits per heavy atom. The van der Waals surface area contributed by atoms with E-state index in [1.165, 1.54) is 0 Å². The predicted molar refractivity (Wildman–Crippen MR) is 64.2 cm³/mol. The second-order valence-corrected chi connectivity index (χ2v) is 4.27. The number of nitrogens with one attached hydrogen (secondary N) is 1. The first-order valence-corrected chi connectivity index (χ1v) is 5.87. The van der Waals surface area contributed by atoms with Crippen molar-refractivity contribution in [3.8, 4) is 0 Å². The van der Waals surface area contributed by atoms with Crippen molar-refractivity contribution < 1.29 is 24.2 Å². The summed E-state index contributed by atoms with van der Waals surface area (Å²) in [6.45, 7) is 5.84. The van der Waals surface area contributed by atoms with Crippen LogP contribution in [0.5, 0.6) is 0 Å². The van der Waals surface area contributed by atoms with Gasteiger partial charge in [0, 0.05) is 13.0 Å². The second-order valence-electron chi connectivity index (χ2n) is 4.27. The van der Waals surface area contributed by atoms with Gasteiger partial charge in [-0.1, -0.05) is 6.08 Å². The summed E-state index contributed by atoms with van der Waals surface area (Å²) in [5, 5.41) is 11.7. The summed E-state index contributed by atoms with van der Waals surface area (Å²) in [7, 11) is 0. The van der Waals surface area contributed by atoms with E-state index in [-0.39, 0.29) is 13.0 Å². The van der Waals surface area contributed by atoms with Crippen molar-refractivity contribution in [1.29, 1.82) is 0 Å². The Morgan fingerprint density at radius 2 is 2.39 bits per heavy atom. The zero-order valence-corrected chi connectivity index (χ0v) is 10.5. The molecule has 18 heavy (non-hydrogen) atoms. The predicted octanol–water partition coefficient (Wildman–Crippen LogP) is 0.327. The van der Waals surface area contributed by atoms with Gasteiger partial charge in [0.25, 0.3) is 0 Å². The number of carbonyl (C=O) groups is 2. The molecular formula is C12H19NO5. The SMILES string of the molecule is C=CCCOC(C)C(=O)NC1(C(=O)O)CCOC1. The van der Waals surface area contributed by atoms with Crippen LogP contribution in [0, 0.1) is 0 Å². The molecule has 2 N–H and O–H groups in total. The molecule has 0 spiro atoms. The first-order valence-electron chi connectivity index (χ1n) is 5.87. The molecule has 1 aliphatic rings. The number of carboxylic acid groups (broad SMARTS) is 1. The summed E-state index contributed by atoms with van der Waals surface area (Å²) in [5.74, 6) is -1.52. The fourth-order valence-electron chi connectivity index (χ4n) is 1.63. The molecule has 102 valence electrons. The fraction of sp³-hybridized carbons (Fsp3) is 0.667. The molecule has 1 heterocycles. The van der Waals surface area contributed by atoms with Crippen LogP contribution in [0.4, 0.5) is 0 Å². The van der Waals surface area contributed by atoms with Gasteiger partial charge in [0.15, 0.2) is 5.54 Å². The minimum atomic E-state index is -1.31. The molecule has 6 heteroatoms. The van der Waals surface area contributed by atoms with Crippen LogP contribution in [-0.2, 0) is 19.1 Å². The number of carbonyl (C=O) groups excluding carboxylic acids is 1. The van der Waals surface area contributed by atoms with Gasteiger partial charge in [0.2, 0.25) is 5.91 Å². The Kier molecular flexibility index (Phi) is 5.30. The van der Waals surface area contributed by atoms with Gasteiger partial charge in [-0.15, -0.1) is 6.58 Å². The highest BCUT2D eigenvalue weighted by Crippen LogP contribution is 2.19. The minimum absolute atomic E-state index is 0.00650. The molecule has 1 fully saturated rings. The van der Waals surface area contributed by atoms with E-state index in [4.69, 9.17) is 14.6 Å². The molecule has 0 aromatic rings. The molecule has 2 unspecified atom stereocenters. The first kappa shape index (κ1) is 14.7. The Morgan fingerprint density at radius 3 is 2.89 bits per heavy atom. The summed E-state index contributed by atoms with van der Waals surface area (Å²) >= 11 is 0. The average Bonchev–Trinajstić information content (AvgIpc) is 2.79. The quantitative estimate of drug-likeness (QED) is 0.507. The summed E-state index contributed by atoms with van der Waals surface area (Å²) in [6.07, 6.45) is 1.91. The maximum Gasteiger partial charge on any atom is 0.331 e. The van der Waals surface area contributed by atoms with Crippen LogP contribution in [0.15, 0.2) is 12.7 Å². The lowest BCUT2D eigenvalue weighted by Gasteiger charge is -2.25. The molecule has 0 aromatic carbocycles. The third kappa shape index (κ3) is 3.54. The topological polar surface area (TPSA) is 84.9 Å². The standard InChI is InChI=1S/C12H19NO5/c1-3-4-6-18-9(2)10(14)13-12(11(15)16)5-7-17-8-12/h3,9H,1,4-8H2,2H3,(H,13,14)(H,15,16). The number of amides is 1. The van der Waals surface area contributed by atoms with Crippen LogP contribution in [0.3, 0.4) is 0 Å². The van der Waals surface area contributed by atoms with Crippen molar-refractivity contribution in [2.45, 2.75) is 31.4 Å². The van der Waals surface area contributed by atoms with E-state index in [1.54, 1.807) is 13.0 Å². The van der Waals surface area contributed by atoms with Crippen LogP contribution in [0.1, 0.15) is 19.8 Å². The van der Waals surface area contributed by atoms with Crippen LogP contribution in [-0.4, -0.2) is 48.4 Å². The van der Waals surface area contributed by atoms with Crippen molar-refractivity contribution in [2.24, 2.45) is 0 Å². The molecule has 2 atom stereocenters. The van der Waals surface area contributed by atoms with Crippen molar-refractivity contribution >= 4 is 11.9 Å². The molecule has 0 radical (unpaired) electrons. The van der Waals surface area contributed by atoms with Gasteiger partial charge in [0.1, 0.15) is 6.10 Å². The smallest absolute Gasteiger partial charge is 0.331 e. The number of rotatable bonds is 7. The number of hydrogen-bond acceptors (Lipinski definition) is 4. The van der Waals surface area contributed by atoms with E-state index in [1.807, 2.05) is 0 Å². The summed E-state index contributed by atoms with van der Waals surface area (Å²) < 4.78 is 10.3. The van der Waals surface area contributed by atoms with Gasteiger partial charge in [0.05, 0.1) is 13.2 Å². The third-order valence-electron chi connectivity index (χ3n) is 2.85. The van der Waals surface area contributed by atoms with Crippen LogP contribution in [0.25, 0.3) is 0 Å². The highest BCUT2D eigenvalue weighted by Gasteiger charge is 2.44. The van der Waals surface area contributed by atoms with Gasteiger partial charge < -0.3 is 19.9 Å². The van der Waals surface area contributed by atoms with Crippen LogP contribution in [0.2, 0.25) is 0 Å². The molecule has 0 aliphatic carbocycles. The van der Waals surface area contributed by atoms with Crippen molar-refractivity contribution in [3.63, 3.8) is 0 Å². The molecule has 1 saturated heterocycles. The highest BCUT2D eigenvalue weighted by atomic mass is 16.5. The van der Waals surface area contributed by atoms with E-state index in [9.17, 15) is 9.59 Å². The first-order chi connectivity index (χ1) is 8.52. The Labute approximate surface area is 106 Å². The van der Waals surface area contributed by atoms with Gasteiger partial charge in [-0.05, 0) is 13.3 Å². The molecule has 0 saturated carbocycles. The molecule has 0 aromatic heterocycles. The lowest BCUT2D eigenvalue weighted by atomic mass is 9.98. The van der Waals surface area contributed by atoms with Gasteiger partial charge in [-0.25, -0.2) is 4.79 Å². The van der Waals surface area contributed by atoms with Gasteiger partial charge >= 0.3 is 5.97 Å². The Balaban J connectivity index is 2.51. The number of hydrogen-bond donors (Lipinski definition) is 2. The zero-order valence-electron chi connectivity index (χ0n) is 10.5. The zero-order chi connectivity index (χ0) is 13.6. The highest BCUT2D eigenvalue weighted by molar-refractivity contribution is 5.89. The third-order valence-corrected chi connectivity index (χ3v) is 2.85.